The maximum Gasteiger partial charge on any atom is 4.00 e. The van der Waals surface area contributed by atoms with Gasteiger partial charge in [0.1, 0.15) is 0 Å². The largest absolute Gasteiger partial charge is 4.00 e. The minimum Gasteiger partial charge on any atom is -0.677 e. The summed E-state index contributed by atoms with van der Waals surface area (Å²) in [4.78, 5) is 0. The van der Waals surface area contributed by atoms with E-state index in [4.69, 9.17) is 17.2 Å². The Morgan fingerprint density at radius 3 is 1.04 bits per heavy atom. The van der Waals surface area contributed by atoms with Crippen molar-refractivity contribution in [1.82, 2.24) is 0 Å². The molecule has 0 aliphatic carbocycles. The summed E-state index contributed by atoms with van der Waals surface area (Å²) in [6, 6.07) is 6.21. The number of rotatable bonds is 4. The van der Waals surface area contributed by atoms with Gasteiger partial charge in [-0.25, -0.2) is 12.1 Å². The molecule has 0 bridgehead atoms. The van der Waals surface area contributed by atoms with Crippen molar-refractivity contribution in [2.24, 2.45) is 17.8 Å². The summed E-state index contributed by atoms with van der Waals surface area (Å²) in [5.41, 5.74) is 20.0. The number of nitrogens with one attached hydrogen (secondary N) is 3. The van der Waals surface area contributed by atoms with Crippen molar-refractivity contribution in [3.05, 3.63) is 41.5 Å². The summed E-state index contributed by atoms with van der Waals surface area (Å²) in [5, 5.41) is 0.241. The van der Waals surface area contributed by atoms with Crippen LogP contribution in [0.2, 0.25) is 0 Å². The number of hydrogen-bond acceptors (Lipinski definition) is 0. The van der Waals surface area contributed by atoms with Crippen LogP contribution in [0, 0.1) is 17.8 Å². The third kappa shape index (κ3) is 33.7. The van der Waals surface area contributed by atoms with Crippen LogP contribution in [0.5, 0.6) is 0 Å². The zero-order valence-corrected chi connectivity index (χ0v) is 20.7. The van der Waals surface area contributed by atoms with Crippen LogP contribution in [0.3, 0.4) is 0 Å². The van der Waals surface area contributed by atoms with Crippen molar-refractivity contribution < 1.29 is 34.1 Å². The van der Waals surface area contributed by atoms with E-state index in [1.807, 2.05) is 41.5 Å². The van der Waals surface area contributed by atoms with E-state index in [0.717, 1.165) is 0 Å². The van der Waals surface area contributed by atoms with Crippen LogP contribution in [0.4, 0.5) is 8.22 Å². The quantitative estimate of drug-likeness (QED) is 0.268. The van der Waals surface area contributed by atoms with Gasteiger partial charge in [-0.15, -0.1) is 24.8 Å². The minimum absolute atomic E-state index is 0. The van der Waals surface area contributed by atoms with Crippen molar-refractivity contribution in [2.45, 2.75) is 41.5 Å². The second-order valence-electron chi connectivity index (χ2n) is 6.31. The van der Waals surface area contributed by atoms with Crippen LogP contribution >= 0.6 is 0 Å². The molecule has 3 nitrogen and oxygen atoms in total. The molecule has 0 saturated heterocycles. The Balaban J connectivity index is -0.000000113. The molecular formula is C17H35F2HfN3Si. The molecule has 0 aliphatic rings. The molecule has 1 rings (SSSR count). The maximum absolute atomic E-state index is 11.7. The zero-order chi connectivity index (χ0) is 18.8. The van der Waals surface area contributed by atoms with Crippen molar-refractivity contribution in [2.75, 3.05) is 19.6 Å². The summed E-state index contributed by atoms with van der Waals surface area (Å²) >= 11 is 0. The first kappa shape index (κ1) is 31.9. The Kier molecular flexibility index (Phi) is 30.8. The molecule has 0 heterocycles. The molecule has 0 unspecified atom stereocenters. The van der Waals surface area contributed by atoms with Crippen molar-refractivity contribution in [3.8, 4) is 0 Å². The minimum atomic E-state index is -3.48. The van der Waals surface area contributed by atoms with E-state index in [9.17, 15) is 8.22 Å². The second-order valence-corrected chi connectivity index (χ2v) is 7.58. The van der Waals surface area contributed by atoms with Gasteiger partial charge in [-0.2, -0.15) is 12.1 Å². The molecule has 0 saturated carbocycles. The normalized spacial score (nSPS) is 9.46. The predicted octanol–water partition coefficient (Wildman–Crippen LogP) is 5.85. The van der Waals surface area contributed by atoms with Crippen LogP contribution in [-0.2, 0) is 25.8 Å². The summed E-state index contributed by atoms with van der Waals surface area (Å²) in [7, 11) is -3.48. The maximum atomic E-state index is 11.7. The van der Waals surface area contributed by atoms with Gasteiger partial charge in [0, 0.05) is 0 Å². The molecule has 0 atom stereocenters. The first-order chi connectivity index (χ1) is 10.6. The topological polar surface area (TPSA) is 71.4 Å². The third-order valence-corrected chi connectivity index (χ3v) is 3.05. The van der Waals surface area contributed by atoms with Crippen LogP contribution in [0.15, 0.2) is 24.3 Å². The molecule has 0 aromatic heterocycles. The Morgan fingerprint density at radius 1 is 0.750 bits per heavy atom. The summed E-state index contributed by atoms with van der Waals surface area (Å²) in [5.74, 6) is 1.65. The standard InChI is InChI=1S/C5H5F2Si.3C4H10N.Hf/c6-8(7)5-3-1-2-4-5;3*1-4(2)3-5;/h1-4,8H;3*4-5H,3H2,1-2H3;/q4*-1;+4. The van der Waals surface area contributed by atoms with Gasteiger partial charge in [0.2, 0.25) is 0 Å². The Morgan fingerprint density at radius 2 is 0.958 bits per heavy atom. The smallest absolute Gasteiger partial charge is 0.677 e. The van der Waals surface area contributed by atoms with E-state index in [1.165, 1.54) is 12.1 Å². The van der Waals surface area contributed by atoms with Gasteiger partial charge >= 0.3 is 35.3 Å². The fourth-order valence-corrected chi connectivity index (χ4v) is 1.05. The van der Waals surface area contributed by atoms with E-state index >= 15 is 0 Å². The third-order valence-electron chi connectivity index (χ3n) is 2.17. The SMILES string of the molecule is CC(C)C[NH-].CC(C)C[NH-].CC(C)C[NH-].F[SiH](F)[c-]1cccc1.[Hf+4]. The van der Waals surface area contributed by atoms with E-state index in [-0.39, 0.29) is 31.0 Å². The Bertz CT molecular complexity index is 290. The molecule has 0 fully saturated rings. The molecule has 24 heavy (non-hydrogen) atoms. The van der Waals surface area contributed by atoms with Gasteiger partial charge in [0.05, 0.1) is 0 Å². The molecule has 7 heteroatoms. The second kappa shape index (κ2) is 23.2. The zero-order valence-electron chi connectivity index (χ0n) is 16.0. The van der Waals surface area contributed by atoms with E-state index < -0.39 is 9.46 Å². The Labute approximate surface area is 168 Å². The summed E-state index contributed by atoms with van der Waals surface area (Å²) < 4.78 is 23.5. The fourth-order valence-electron chi connectivity index (χ4n) is 0.534. The molecule has 0 radical (unpaired) electrons. The molecule has 1 aromatic carbocycles. The number of halogens is 2. The van der Waals surface area contributed by atoms with E-state index in [2.05, 4.69) is 0 Å². The predicted molar refractivity (Wildman–Crippen MR) is 103 cm³/mol. The van der Waals surface area contributed by atoms with Crippen LogP contribution in [0.1, 0.15) is 41.5 Å². The molecule has 140 valence electrons. The first-order valence-electron chi connectivity index (χ1n) is 8.05. The van der Waals surface area contributed by atoms with Crippen molar-refractivity contribution >= 4 is 14.7 Å². The molecular weight excluding hydrogens is 491 g/mol. The fraction of sp³-hybridized carbons (Fsp3) is 0.706. The molecule has 1 aromatic rings. The van der Waals surface area contributed by atoms with Crippen LogP contribution in [-0.4, -0.2) is 29.1 Å². The molecule has 0 amide bonds. The summed E-state index contributed by atoms with van der Waals surface area (Å²) in [6.07, 6.45) is 0. The van der Waals surface area contributed by atoms with Gasteiger partial charge in [0.25, 0.3) is 0 Å². The average Bonchev–Trinajstić information content (AvgIpc) is 3.03. The van der Waals surface area contributed by atoms with Gasteiger partial charge in [-0.1, -0.05) is 59.3 Å². The Hall–Kier alpha value is 0.177. The van der Waals surface area contributed by atoms with E-state index in [1.54, 1.807) is 12.1 Å². The monoisotopic (exact) mass is 527 g/mol. The van der Waals surface area contributed by atoms with Gasteiger partial charge < -0.3 is 17.2 Å². The number of hydrogen-bond donors (Lipinski definition) is 0. The van der Waals surface area contributed by atoms with Crippen LogP contribution < -0.4 is 5.19 Å². The van der Waals surface area contributed by atoms with Crippen LogP contribution in [0.25, 0.3) is 17.2 Å². The molecule has 3 N–H and O–H groups in total. The van der Waals surface area contributed by atoms with Gasteiger partial charge in [-0.05, 0) is 0 Å². The van der Waals surface area contributed by atoms with Gasteiger partial charge in [0.15, 0.2) is 0 Å². The van der Waals surface area contributed by atoms with E-state index in [0.29, 0.717) is 37.4 Å². The molecule has 0 spiro atoms. The average molecular weight is 526 g/mol. The van der Waals surface area contributed by atoms with Gasteiger partial charge in [-0.3, -0.25) is 8.22 Å². The molecule has 0 aliphatic heterocycles. The first-order valence-corrected chi connectivity index (χ1v) is 9.50. The van der Waals surface area contributed by atoms with Crippen molar-refractivity contribution in [3.63, 3.8) is 0 Å². The van der Waals surface area contributed by atoms with Crippen molar-refractivity contribution in [1.29, 1.82) is 0 Å². The summed E-state index contributed by atoms with van der Waals surface area (Å²) in [6.45, 7) is 13.9.